The first-order valence-corrected chi connectivity index (χ1v) is 8.47. The lowest BCUT2D eigenvalue weighted by Crippen LogP contribution is -2.37. The van der Waals surface area contributed by atoms with Gasteiger partial charge in [0.25, 0.3) is 5.91 Å². The monoisotopic (exact) mass is 405 g/mol. The van der Waals surface area contributed by atoms with E-state index >= 15 is 0 Å². The largest absolute Gasteiger partial charge is 0.348 e. The van der Waals surface area contributed by atoms with Crippen LogP contribution < -0.4 is 10.6 Å². The van der Waals surface area contributed by atoms with Gasteiger partial charge in [-0.3, -0.25) is 4.79 Å². The third-order valence-electron chi connectivity index (χ3n) is 3.56. The summed E-state index contributed by atoms with van der Waals surface area (Å²) in [6.07, 6.45) is 0. The maximum absolute atomic E-state index is 12.3. The summed E-state index contributed by atoms with van der Waals surface area (Å²) in [7, 11) is 1.83. The minimum atomic E-state index is -0.332. The fourth-order valence-electron chi connectivity index (χ4n) is 2.08. The van der Waals surface area contributed by atoms with Gasteiger partial charge in [-0.15, -0.1) is 17.5 Å². The van der Waals surface area contributed by atoms with Crippen molar-refractivity contribution in [1.29, 1.82) is 0 Å². The van der Waals surface area contributed by atoms with Crippen LogP contribution in [-0.2, 0) is 0 Å². The molecule has 0 fully saturated rings. The zero-order valence-electron chi connectivity index (χ0n) is 14.5. The first-order chi connectivity index (χ1) is 11.3. The molecule has 1 aromatic carbocycles. The molecule has 1 unspecified atom stereocenters. The molecular formula is C16H22Cl3N5O. The fourth-order valence-corrected chi connectivity index (χ4v) is 2.63. The molecule has 1 atom stereocenters. The van der Waals surface area contributed by atoms with E-state index in [1.807, 2.05) is 27.8 Å². The Labute approximate surface area is 163 Å². The molecule has 0 bridgehead atoms. The molecule has 2 rings (SSSR count). The molecule has 2 aromatic rings. The first-order valence-electron chi connectivity index (χ1n) is 7.72. The van der Waals surface area contributed by atoms with E-state index in [0.29, 0.717) is 28.1 Å². The van der Waals surface area contributed by atoms with Gasteiger partial charge in [0.1, 0.15) is 11.5 Å². The number of carbonyl (C=O) groups excluding carboxylic acids is 1. The maximum atomic E-state index is 12.3. The van der Waals surface area contributed by atoms with Crippen LogP contribution >= 0.6 is 35.6 Å². The predicted molar refractivity (Wildman–Crippen MR) is 104 cm³/mol. The number of carbonyl (C=O) groups is 1. The van der Waals surface area contributed by atoms with E-state index in [2.05, 4.69) is 20.7 Å². The van der Waals surface area contributed by atoms with E-state index < -0.39 is 0 Å². The molecule has 1 heterocycles. The van der Waals surface area contributed by atoms with Crippen molar-refractivity contribution in [2.75, 3.05) is 13.6 Å². The number of amides is 1. The Morgan fingerprint density at radius 2 is 1.84 bits per heavy atom. The lowest BCUT2D eigenvalue weighted by atomic mass is 10.2. The molecule has 0 aliphatic carbocycles. The molecule has 138 valence electrons. The SMILES string of the molecule is CNC(C)CNC(=O)c1nc(C(C)C)n(-c2c(Cl)cccc2Cl)n1.Cl. The molecular weight excluding hydrogens is 385 g/mol. The number of nitrogens with one attached hydrogen (secondary N) is 2. The van der Waals surface area contributed by atoms with Crippen LogP contribution in [0.25, 0.3) is 5.69 Å². The lowest BCUT2D eigenvalue weighted by molar-refractivity contribution is 0.0940. The van der Waals surface area contributed by atoms with Crippen LogP contribution in [0.4, 0.5) is 0 Å². The Balaban J connectivity index is 0.00000312. The highest BCUT2D eigenvalue weighted by Gasteiger charge is 2.22. The Kier molecular flexibility index (Phi) is 8.15. The molecule has 25 heavy (non-hydrogen) atoms. The van der Waals surface area contributed by atoms with Crippen molar-refractivity contribution in [3.63, 3.8) is 0 Å². The van der Waals surface area contributed by atoms with Crippen molar-refractivity contribution < 1.29 is 4.79 Å². The van der Waals surface area contributed by atoms with Gasteiger partial charge in [-0.1, -0.05) is 43.1 Å². The fraction of sp³-hybridized carbons (Fsp3) is 0.438. The third-order valence-corrected chi connectivity index (χ3v) is 4.17. The van der Waals surface area contributed by atoms with Crippen LogP contribution in [0.1, 0.15) is 43.1 Å². The molecule has 2 N–H and O–H groups in total. The van der Waals surface area contributed by atoms with Crippen molar-refractivity contribution in [1.82, 2.24) is 25.4 Å². The van der Waals surface area contributed by atoms with Gasteiger partial charge in [-0.2, -0.15) is 0 Å². The van der Waals surface area contributed by atoms with Crippen LogP contribution in [0.3, 0.4) is 0 Å². The summed E-state index contributed by atoms with van der Waals surface area (Å²) in [5, 5.41) is 11.1. The minimum Gasteiger partial charge on any atom is -0.348 e. The standard InChI is InChI=1S/C16H21Cl2N5O.ClH/c1-9(2)15-21-14(16(24)20-8-10(3)19-4)22-23(15)13-11(17)6-5-7-12(13)18;/h5-7,9-10,19H,8H2,1-4H3,(H,20,24);1H. The maximum Gasteiger partial charge on any atom is 0.291 e. The van der Waals surface area contributed by atoms with Gasteiger partial charge in [0, 0.05) is 18.5 Å². The number of aromatic nitrogens is 3. The summed E-state index contributed by atoms with van der Waals surface area (Å²) in [5.41, 5.74) is 0.527. The molecule has 0 saturated heterocycles. The van der Waals surface area contributed by atoms with Crippen LogP contribution in [0, 0.1) is 0 Å². The van der Waals surface area contributed by atoms with Crippen LogP contribution in [0.2, 0.25) is 10.0 Å². The zero-order valence-corrected chi connectivity index (χ0v) is 16.8. The number of hydrogen-bond acceptors (Lipinski definition) is 4. The first kappa shape index (κ1) is 21.7. The average molecular weight is 407 g/mol. The number of hydrogen-bond donors (Lipinski definition) is 2. The molecule has 6 nitrogen and oxygen atoms in total. The number of benzene rings is 1. The van der Waals surface area contributed by atoms with Gasteiger partial charge >= 0.3 is 0 Å². The summed E-state index contributed by atoms with van der Waals surface area (Å²) >= 11 is 12.5. The van der Waals surface area contributed by atoms with E-state index in [1.165, 1.54) is 0 Å². The quantitative estimate of drug-likeness (QED) is 0.770. The van der Waals surface area contributed by atoms with Gasteiger partial charge in [-0.25, -0.2) is 9.67 Å². The second-order valence-corrected chi connectivity index (χ2v) is 6.64. The summed E-state index contributed by atoms with van der Waals surface area (Å²) in [4.78, 5) is 16.7. The molecule has 0 aliphatic heterocycles. The number of nitrogens with zero attached hydrogens (tertiary/aromatic N) is 3. The number of halogens is 3. The number of para-hydroxylation sites is 1. The Bertz CT molecular complexity index is 712. The van der Waals surface area contributed by atoms with E-state index in [4.69, 9.17) is 23.2 Å². The average Bonchev–Trinajstić information content (AvgIpc) is 2.97. The molecule has 0 spiro atoms. The molecule has 9 heteroatoms. The summed E-state index contributed by atoms with van der Waals surface area (Å²) in [6.45, 7) is 6.38. The van der Waals surface area contributed by atoms with E-state index in [9.17, 15) is 4.79 Å². The summed E-state index contributed by atoms with van der Waals surface area (Å²) in [5.74, 6) is 0.429. The normalized spacial score (nSPS) is 12.0. The van der Waals surface area contributed by atoms with Crippen molar-refractivity contribution >= 4 is 41.5 Å². The third kappa shape index (κ3) is 5.07. The highest BCUT2D eigenvalue weighted by atomic mass is 35.5. The molecule has 0 saturated carbocycles. The summed E-state index contributed by atoms with van der Waals surface area (Å²) in [6, 6.07) is 5.36. The Hall–Kier alpha value is -1.34. The van der Waals surface area contributed by atoms with Gasteiger partial charge < -0.3 is 10.6 Å². The van der Waals surface area contributed by atoms with Gasteiger partial charge in [0.15, 0.2) is 0 Å². The molecule has 1 aromatic heterocycles. The highest BCUT2D eigenvalue weighted by molar-refractivity contribution is 6.37. The second-order valence-electron chi connectivity index (χ2n) is 5.83. The van der Waals surface area contributed by atoms with Crippen molar-refractivity contribution in [3.05, 3.63) is 39.9 Å². The highest BCUT2D eigenvalue weighted by Crippen LogP contribution is 2.30. The van der Waals surface area contributed by atoms with Crippen molar-refractivity contribution in [3.8, 4) is 5.69 Å². The van der Waals surface area contributed by atoms with E-state index in [-0.39, 0.29) is 36.1 Å². The Morgan fingerprint density at radius 1 is 1.24 bits per heavy atom. The smallest absolute Gasteiger partial charge is 0.291 e. The van der Waals surface area contributed by atoms with Gasteiger partial charge in [0.2, 0.25) is 5.82 Å². The van der Waals surface area contributed by atoms with Crippen LogP contribution in [0.5, 0.6) is 0 Å². The molecule has 0 aliphatic rings. The van der Waals surface area contributed by atoms with Gasteiger partial charge in [0.05, 0.1) is 10.0 Å². The number of rotatable bonds is 6. The van der Waals surface area contributed by atoms with Gasteiger partial charge in [-0.05, 0) is 26.1 Å². The Morgan fingerprint density at radius 3 is 2.36 bits per heavy atom. The second kappa shape index (κ2) is 9.38. The van der Waals surface area contributed by atoms with Crippen molar-refractivity contribution in [2.45, 2.75) is 32.7 Å². The van der Waals surface area contributed by atoms with Crippen molar-refractivity contribution in [2.24, 2.45) is 0 Å². The topological polar surface area (TPSA) is 71.8 Å². The summed E-state index contributed by atoms with van der Waals surface area (Å²) < 4.78 is 1.55. The van der Waals surface area contributed by atoms with Crippen LogP contribution in [0.15, 0.2) is 18.2 Å². The van der Waals surface area contributed by atoms with E-state index in [1.54, 1.807) is 22.9 Å². The zero-order chi connectivity index (χ0) is 17.9. The van der Waals surface area contributed by atoms with Crippen LogP contribution in [-0.4, -0.2) is 40.3 Å². The van der Waals surface area contributed by atoms with E-state index in [0.717, 1.165) is 0 Å². The predicted octanol–water partition coefficient (Wildman–Crippen LogP) is 3.46. The number of likely N-dealkylation sites (N-methyl/N-ethyl adjacent to an activating group) is 1. The molecule has 1 amide bonds. The minimum absolute atomic E-state index is 0. The molecule has 0 radical (unpaired) electrons. The lowest BCUT2D eigenvalue weighted by Gasteiger charge is -2.11.